The van der Waals surface area contributed by atoms with Gasteiger partial charge in [0.2, 0.25) is 23.5 Å². The summed E-state index contributed by atoms with van der Waals surface area (Å²) in [4.78, 5) is 115. The molecule has 600 valence electrons. The van der Waals surface area contributed by atoms with Gasteiger partial charge in [0.25, 0.3) is 22.2 Å². The van der Waals surface area contributed by atoms with Crippen LogP contribution in [0.3, 0.4) is 0 Å². The first-order valence-corrected chi connectivity index (χ1v) is 40.8. The first kappa shape index (κ1) is 86.3. The molecule has 20 nitrogen and oxygen atoms in total. The summed E-state index contributed by atoms with van der Waals surface area (Å²) in [7, 11) is 13.4. The van der Waals surface area contributed by atoms with Gasteiger partial charge in [-0.25, -0.2) is 19.9 Å². The van der Waals surface area contributed by atoms with E-state index in [-0.39, 0.29) is 45.4 Å². The fourth-order valence-corrected chi connectivity index (χ4v) is 17.6. The Hall–Kier alpha value is -9.72. The molecule has 4 aliphatic carbocycles. The number of carbonyl (C=O) groups excluding carboxylic acids is 4. The number of rotatable bonds is 28. The average molecular weight is 1530 g/mol. The van der Waals surface area contributed by atoms with Crippen LogP contribution in [0.4, 0.5) is 0 Å². The summed E-state index contributed by atoms with van der Waals surface area (Å²) >= 11 is 0. The van der Waals surface area contributed by atoms with Crippen molar-refractivity contribution >= 4 is 23.1 Å². The van der Waals surface area contributed by atoms with Crippen LogP contribution in [0.25, 0.3) is 0 Å². The van der Waals surface area contributed by atoms with E-state index >= 15 is 0 Å². The predicted molar refractivity (Wildman–Crippen MR) is 440 cm³/mol. The Labute approximate surface area is 661 Å². The summed E-state index contributed by atoms with van der Waals surface area (Å²) in [6.07, 6.45) is 37.9. The molecule has 0 bridgehead atoms. The number of hydrogen-bond acceptors (Lipinski definition) is 16. The van der Waals surface area contributed by atoms with Crippen LogP contribution in [0.2, 0.25) is 0 Å². The van der Waals surface area contributed by atoms with Gasteiger partial charge in [-0.2, -0.15) is 0 Å². The number of carbonyl (C=O) groups is 4. The van der Waals surface area contributed by atoms with E-state index < -0.39 is 0 Å². The van der Waals surface area contributed by atoms with Gasteiger partial charge in [0.05, 0.1) is 28.4 Å². The number of aromatic nitrogens is 8. The fourth-order valence-electron chi connectivity index (χ4n) is 17.6. The molecule has 8 aromatic heterocycles. The molecule has 4 saturated carbocycles. The van der Waals surface area contributed by atoms with Crippen LogP contribution in [-0.2, 0) is 28.2 Å². The highest BCUT2D eigenvalue weighted by Gasteiger charge is 2.34. The molecule has 0 radical (unpaired) electrons. The third-order valence-corrected chi connectivity index (χ3v) is 25.1. The zero-order valence-electron chi connectivity index (χ0n) is 68.2. The Morgan fingerprint density at radius 1 is 0.312 bits per heavy atom. The molecule has 4 atom stereocenters. The molecule has 20 heteroatoms. The van der Waals surface area contributed by atoms with Gasteiger partial charge in [0.15, 0.2) is 23.1 Å². The van der Waals surface area contributed by atoms with Crippen molar-refractivity contribution in [3.05, 3.63) is 233 Å². The summed E-state index contributed by atoms with van der Waals surface area (Å²) in [6.45, 7) is 8.71. The van der Waals surface area contributed by atoms with Crippen molar-refractivity contribution in [3.63, 3.8) is 0 Å². The van der Waals surface area contributed by atoms with Crippen LogP contribution in [0, 0.1) is 47.3 Å². The first-order valence-electron chi connectivity index (χ1n) is 40.8. The summed E-state index contributed by atoms with van der Waals surface area (Å²) in [6, 6.07) is 29.6. The summed E-state index contributed by atoms with van der Waals surface area (Å²) < 4.78 is 26.7. The molecule has 8 aromatic rings. The second-order valence-electron chi connectivity index (χ2n) is 31.6. The van der Waals surface area contributed by atoms with Crippen molar-refractivity contribution < 1.29 is 38.1 Å². The third-order valence-electron chi connectivity index (χ3n) is 25.1. The molecule has 112 heavy (non-hydrogen) atoms. The van der Waals surface area contributed by atoms with Gasteiger partial charge in [-0.3, -0.25) is 38.4 Å². The number of ether oxygens (including phenoxy) is 4. The van der Waals surface area contributed by atoms with Gasteiger partial charge in [-0.05, 0) is 245 Å². The topological polar surface area (TPSA) is 245 Å². The molecule has 8 heterocycles. The minimum absolute atomic E-state index is 0.0600. The Kier molecular flexibility index (Phi) is 33.0. The van der Waals surface area contributed by atoms with E-state index in [9.17, 15) is 38.4 Å². The quantitative estimate of drug-likeness (QED) is 0.0414. The molecule has 0 aromatic carbocycles. The maximum atomic E-state index is 12.7. The summed E-state index contributed by atoms with van der Waals surface area (Å²) in [5.74, 6) is 8.50. The second-order valence-corrected chi connectivity index (χ2v) is 31.6. The van der Waals surface area contributed by atoms with E-state index in [1.165, 1.54) is 0 Å². The predicted octanol–water partition coefficient (Wildman–Crippen LogP) is 17.4. The normalized spacial score (nSPS) is 20.5. The molecule has 0 unspecified atom stereocenters. The van der Waals surface area contributed by atoms with Crippen molar-refractivity contribution in [1.29, 1.82) is 0 Å². The van der Waals surface area contributed by atoms with Gasteiger partial charge in [0, 0.05) is 174 Å². The number of methoxy groups -OCH3 is 4. The molecule has 0 saturated heterocycles. The summed E-state index contributed by atoms with van der Waals surface area (Å²) in [5.41, 5.74) is 7.53. The van der Waals surface area contributed by atoms with Crippen LogP contribution < -0.4 is 41.2 Å². The van der Waals surface area contributed by atoms with Crippen LogP contribution in [0.5, 0.6) is 23.5 Å². The monoisotopic (exact) mass is 1530 g/mol. The molecule has 0 spiro atoms. The smallest absolute Gasteiger partial charge is 0.250 e. The minimum atomic E-state index is 0.0600. The molecular formula is C92H120N8O12. The standard InChI is InChI=1S/4C23H30N2O3/c4*1-4-16(13-21(26)20-9-10-22(28-3)24-15-20)17-5-7-18(8-6-17)19-11-12-25(2)23(27)14-19/h4*9-12,14-18H,4-8,13H2,1-3H3/t4*16-,17?,18?/m1100/s1. The highest BCUT2D eigenvalue weighted by atomic mass is 16.5. The van der Waals surface area contributed by atoms with E-state index in [2.05, 4.69) is 71.9 Å². The van der Waals surface area contributed by atoms with Crippen molar-refractivity contribution in [1.82, 2.24) is 38.2 Å². The molecule has 4 aliphatic rings. The Bertz CT molecular complexity index is 3980. The highest BCUT2D eigenvalue weighted by molar-refractivity contribution is 5.97. The number of pyridine rings is 8. The Morgan fingerprint density at radius 2 is 0.500 bits per heavy atom. The maximum Gasteiger partial charge on any atom is 0.250 e. The zero-order valence-corrected chi connectivity index (χ0v) is 68.2. The Balaban J connectivity index is 0.000000171. The van der Waals surface area contributed by atoms with E-state index in [4.69, 9.17) is 18.9 Å². The van der Waals surface area contributed by atoms with Gasteiger partial charge < -0.3 is 37.2 Å². The number of aryl methyl sites for hydroxylation is 4. The van der Waals surface area contributed by atoms with Gasteiger partial charge in [-0.15, -0.1) is 0 Å². The van der Waals surface area contributed by atoms with Crippen LogP contribution in [0.15, 0.2) is 166 Å². The second kappa shape index (κ2) is 42.8. The van der Waals surface area contributed by atoms with E-state index in [0.29, 0.717) is 142 Å². The zero-order chi connectivity index (χ0) is 80.4. The van der Waals surface area contributed by atoms with Crippen LogP contribution in [-0.4, -0.2) is 89.8 Å². The number of ketones is 4. The number of Topliss-reactive ketones (excluding diaryl/α,β-unsaturated/α-hetero) is 4. The molecule has 12 rings (SSSR count). The molecule has 0 amide bonds. The third kappa shape index (κ3) is 24.2. The number of hydrogen-bond donors (Lipinski definition) is 0. The summed E-state index contributed by atoms with van der Waals surface area (Å²) in [5, 5.41) is 0. The van der Waals surface area contributed by atoms with Gasteiger partial charge in [-0.1, -0.05) is 53.4 Å². The van der Waals surface area contributed by atoms with Crippen molar-refractivity contribution in [3.8, 4) is 23.5 Å². The first-order chi connectivity index (χ1) is 54.0. The van der Waals surface area contributed by atoms with Gasteiger partial charge >= 0.3 is 0 Å². The SMILES string of the molecule is CC[C@@H](CC(=O)c1ccc(OC)nc1)C1CCC(c2ccn(C)c(=O)c2)CC1.CC[C@@H](CC(=O)c1ccc(OC)nc1)C1CCC(c2ccn(C)c(=O)c2)CC1.CC[C@H](CC(=O)c1ccc(OC)nc1)C1CCC(c2ccn(C)c(=O)c2)CC1.CC[C@H](CC(=O)c1ccc(OC)nc1)C1CCC(c2ccn(C)c(=O)c2)CC1. The molecular weight excluding hydrogens is 1410 g/mol. The van der Waals surface area contributed by atoms with Crippen molar-refractivity contribution in [2.45, 2.75) is 205 Å². The van der Waals surface area contributed by atoms with E-state index in [1.807, 2.05) is 24.8 Å². The number of nitrogens with zero attached hydrogens (tertiary/aromatic N) is 8. The lowest BCUT2D eigenvalue weighted by molar-refractivity contribution is 0.0917. The van der Waals surface area contributed by atoms with Crippen molar-refractivity contribution in [2.75, 3.05) is 28.4 Å². The van der Waals surface area contributed by atoms with E-state index in [1.54, 1.807) is 172 Å². The van der Waals surface area contributed by atoms with E-state index in [0.717, 1.165) is 151 Å². The van der Waals surface area contributed by atoms with Gasteiger partial charge in [0.1, 0.15) is 0 Å². The van der Waals surface area contributed by atoms with Crippen molar-refractivity contribution in [2.24, 2.45) is 75.5 Å². The van der Waals surface area contributed by atoms with Crippen LogP contribution >= 0.6 is 0 Å². The minimum Gasteiger partial charge on any atom is -0.481 e. The molecule has 4 fully saturated rings. The highest BCUT2D eigenvalue weighted by Crippen LogP contribution is 2.45. The fraction of sp³-hybridized carbons (Fsp3) is 0.522. The maximum absolute atomic E-state index is 12.7. The molecule has 0 N–H and O–H groups in total. The Morgan fingerprint density at radius 3 is 0.643 bits per heavy atom. The lowest BCUT2D eigenvalue weighted by atomic mass is 9.72. The lowest BCUT2D eigenvalue weighted by Gasteiger charge is -2.33. The largest absolute Gasteiger partial charge is 0.481 e. The lowest BCUT2D eigenvalue weighted by Crippen LogP contribution is -2.24. The average Bonchev–Trinajstić information content (AvgIpc) is 0.836. The van der Waals surface area contributed by atoms with Crippen LogP contribution in [0.1, 0.15) is 269 Å². The molecule has 0 aliphatic heterocycles.